The maximum Gasteiger partial charge on any atom is 0.222 e. The van der Waals surface area contributed by atoms with Gasteiger partial charge in [-0.2, -0.15) is 0 Å². The standard InChI is InChI=1S/C25H28N6O3/c1-4-17-7-23(31-24(29-17)25-9-18(10-25)34-14-25)30-21-8-22(28-15(2)32)27-12-19(21)20-6-5-16(11-26-20)13-33-3/h5-8,11-12,18H,4,9-10,13-14H2,1-3H3,(H2,27,28,29,30,31,32). The normalized spacial score (nSPS) is 20.6. The first kappa shape index (κ1) is 22.4. The van der Waals surface area contributed by atoms with E-state index in [9.17, 15) is 4.79 Å². The largest absolute Gasteiger partial charge is 0.380 e. The molecule has 9 heteroatoms. The summed E-state index contributed by atoms with van der Waals surface area (Å²) in [4.78, 5) is 30.3. The summed E-state index contributed by atoms with van der Waals surface area (Å²) in [5.74, 6) is 1.79. The van der Waals surface area contributed by atoms with Gasteiger partial charge in [-0.15, -0.1) is 0 Å². The summed E-state index contributed by atoms with van der Waals surface area (Å²) in [7, 11) is 1.65. The predicted octanol–water partition coefficient (Wildman–Crippen LogP) is 3.77. The molecule has 0 radical (unpaired) electrons. The summed E-state index contributed by atoms with van der Waals surface area (Å²) in [5.41, 5.74) is 4.16. The molecule has 3 aromatic heterocycles. The third-order valence-corrected chi connectivity index (χ3v) is 6.33. The van der Waals surface area contributed by atoms with Crippen LogP contribution in [0.3, 0.4) is 0 Å². The summed E-state index contributed by atoms with van der Waals surface area (Å²) in [6.45, 7) is 4.71. The van der Waals surface area contributed by atoms with Gasteiger partial charge in [-0.05, 0) is 30.9 Å². The van der Waals surface area contributed by atoms with Gasteiger partial charge in [0.15, 0.2) is 0 Å². The Hall–Kier alpha value is -3.43. The van der Waals surface area contributed by atoms with Crippen molar-refractivity contribution in [2.45, 2.75) is 51.2 Å². The third-order valence-electron chi connectivity index (χ3n) is 6.33. The van der Waals surface area contributed by atoms with Crippen LogP contribution in [0, 0.1) is 0 Å². The zero-order chi connectivity index (χ0) is 23.7. The predicted molar refractivity (Wildman–Crippen MR) is 128 cm³/mol. The van der Waals surface area contributed by atoms with Crippen LogP contribution < -0.4 is 10.6 Å². The van der Waals surface area contributed by atoms with Crippen LogP contribution in [0.1, 0.15) is 43.8 Å². The number of aryl methyl sites for hydroxylation is 1. The number of ether oxygens (including phenoxy) is 2. The molecule has 0 unspecified atom stereocenters. The lowest BCUT2D eigenvalue weighted by atomic mass is 9.69. The van der Waals surface area contributed by atoms with Crippen molar-refractivity contribution < 1.29 is 14.3 Å². The van der Waals surface area contributed by atoms with Crippen LogP contribution in [0.15, 0.2) is 36.7 Å². The fourth-order valence-corrected chi connectivity index (χ4v) is 4.54. The molecule has 34 heavy (non-hydrogen) atoms. The lowest BCUT2D eigenvalue weighted by molar-refractivity contribution is -0.114. The highest BCUT2D eigenvalue weighted by Crippen LogP contribution is 2.50. The zero-order valence-electron chi connectivity index (χ0n) is 19.6. The molecule has 1 saturated carbocycles. The van der Waals surface area contributed by atoms with Gasteiger partial charge in [0.25, 0.3) is 0 Å². The van der Waals surface area contributed by atoms with Crippen molar-refractivity contribution in [2.24, 2.45) is 0 Å². The number of carbonyl (C=O) groups excluding carboxylic acids is 1. The molecule has 2 saturated heterocycles. The molecule has 1 aliphatic carbocycles. The second-order valence-electron chi connectivity index (χ2n) is 8.95. The van der Waals surface area contributed by atoms with Gasteiger partial charge in [-0.1, -0.05) is 13.0 Å². The lowest BCUT2D eigenvalue weighted by Crippen LogP contribution is -2.39. The average molecular weight is 461 g/mol. The average Bonchev–Trinajstić information content (AvgIpc) is 3.42. The maximum atomic E-state index is 11.6. The second kappa shape index (κ2) is 9.08. The van der Waals surface area contributed by atoms with Crippen molar-refractivity contribution in [2.75, 3.05) is 24.4 Å². The highest BCUT2D eigenvalue weighted by molar-refractivity contribution is 5.89. The van der Waals surface area contributed by atoms with Gasteiger partial charge in [0.1, 0.15) is 17.5 Å². The Kier molecular flexibility index (Phi) is 5.97. The fourth-order valence-electron chi connectivity index (χ4n) is 4.54. The highest BCUT2D eigenvalue weighted by Gasteiger charge is 2.55. The maximum absolute atomic E-state index is 11.6. The molecular weight excluding hydrogens is 432 g/mol. The molecule has 3 aromatic rings. The fraction of sp³-hybridized carbons (Fsp3) is 0.400. The molecule has 2 bridgehead atoms. The first-order valence-corrected chi connectivity index (χ1v) is 11.5. The molecule has 0 aromatic carbocycles. The Bertz CT molecular complexity index is 1200. The van der Waals surface area contributed by atoms with Gasteiger partial charge in [0, 0.05) is 49.8 Å². The molecule has 0 spiro atoms. The number of aromatic nitrogens is 4. The molecule has 176 valence electrons. The number of anilines is 3. The Morgan fingerprint density at radius 2 is 2.03 bits per heavy atom. The van der Waals surface area contributed by atoms with Gasteiger partial charge >= 0.3 is 0 Å². The van der Waals surface area contributed by atoms with E-state index in [2.05, 4.69) is 27.5 Å². The van der Waals surface area contributed by atoms with Crippen LogP contribution in [0.4, 0.5) is 17.3 Å². The quantitative estimate of drug-likeness (QED) is 0.523. The molecular formula is C25H28N6O3. The van der Waals surface area contributed by atoms with E-state index < -0.39 is 0 Å². The molecule has 0 atom stereocenters. The number of nitrogens with one attached hydrogen (secondary N) is 2. The topological polar surface area (TPSA) is 111 Å². The van der Waals surface area contributed by atoms with Crippen LogP contribution in [0.2, 0.25) is 0 Å². The number of rotatable bonds is 8. The summed E-state index contributed by atoms with van der Waals surface area (Å²) >= 11 is 0. The molecule has 6 rings (SSSR count). The smallest absolute Gasteiger partial charge is 0.222 e. The SMILES string of the molecule is CCc1cc(Nc2cc(NC(C)=O)ncc2-c2ccc(COC)cn2)nc(C23COC(C2)C3)n1. The van der Waals surface area contributed by atoms with E-state index in [1.165, 1.54) is 6.92 Å². The highest BCUT2D eigenvalue weighted by atomic mass is 16.5. The summed E-state index contributed by atoms with van der Waals surface area (Å²) in [6, 6.07) is 7.66. The monoisotopic (exact) mass is 460 g/mol. The van der Waals surface area contributed by atoms with Crippen LogP contribution in [-0.2, 0) is 32.7 Å². The van der Waals surface area contributed by atoms with E-state index in [0.29, 0.717) is 31.0 Å². The molecule has 9 nitrogen and oxygen atoms in total. The summed E-state index contributed by atoms with van der Waals surface area (Å²) < 4.78 is 11.0. The molecule has 2 aliphatic heterocycles. The summed E-state index contributed by atoms with van der Waals surface area (Å²) in [5, 5.41) is 6.20. The van der Waals surface area contributed by atoms with Crippen molar-refractivity contribution >= 4 is 23.2 Å². The first-order valence-electron chi connectivity index (χ1n) is 11.5. The Labute approximate surface area is 198 Å². The van der Waals surface area contributed by atoms with Crippen molar-refractivity contribution in [1.29, 1.82) is 0 Å². The van der Waals surface area contributed by atoms with E-state index in [-0.39, 0.29) is 11.3 Å². The van der Waals surface area contributed by atoms with Crippen LogP contribution in [0.5, 0.6) is 0 Å². The van der Waals surface area contributed by atoms with Gasteiger partial charge in [0.2, 0.25) is 5.91 Å². The van der Waals surface area contributed by atoms with Crippen LogP contribution >= 0.6 is 0 Å². The van der Waals surface area contributed by atoms with Gasteiger partial charge in [-0.25, -0.2) is 15.0 Å². The zero-order valence-corrected chi connectivity index (χ0v) is 19.6. The number of pyridine rings is 2. The molecule has 5 heterocycles. The first-order chi connectivity index (χ1) is 16.5. The molecule has 3 aliphatic rings. The van der Waals surface area contributed by atoms with Crippen molar-refractivity contribution in [1.82, 2.24) is 19.9 Å². The number of amides is 1. The van der Waals surface area contributed by atoms with Crippen molar-refractivity contribution in [3.63, 3.8) is 0 Å². The number of carbonyl (C=O) groups is 1. The van der Waals surface area contributed by atoms with Gasteiger partial charge in [0.05, 0.1) is 36.1 Å². The van der Waals surface area contributed by atoms with E-state index >= 15 is 0 Å². The van der Waals surface area contributed by atoms with E-state index in [1.807, 2.05) is 18.2 Å². The number of fused-ring (bicyclic) bond motifs is 1. The summed E-state index contributed by atoms with van der Waals surface area (Å²) in [6.07, 6.45) is 6.58. The minimum Gasteiger partial charge on any atom is -0.380 e. The van der Waals surface area contributed by atoms with E-state index in [4.69, 9.17) is 19.4 Å². The second-order valence-corrected chi connectivity index (χ2v) is 8.95. The molecule has 1 amide bonds. The number of hydrogen-bond donors (Lipinski definition) is 2. The minimum absolute atomic E-state index is 0.0760. The Morgan fingerprint density at radius 3 is 2.68 bits per heavy atom. The Balaban J connectivity index is 1.52. The number of hydrogen-bond acceptors (Lipinski definition) is 8. The van der Waals surface area contributed by atoms with Crippen LogP contribution in [-0.4, -0.2) is 45.7 Å². The number of methoxy groups -OCH3 is 1. The number of nitrogens with zero attached hydrogens (tertiary/aromatic N) is 4. The van der Waals surface area contributed by atoms with Gasteiger partial charge < -0.3 is 20.1 Å². The van der Waals surface area contributed by atoms with Crippen molar-refractivity contribution in [3.05, 3.63) is 53.7 Å². The lowest BCUT2D eigenvalue weighted by Gasteiger charge is -2.34. The van der Waals surface area contributed by atoms with E-state index in [0.717, 1.165) is 53.3 Å². The molecule has 2 N–H and O–H groups in total. The molecule has 3 fully saturated rings. The third kappa shape index (κ3) is 4.36. The van der Waals surface area contributed by atoms with E-state index in [1.54, 1.807) is 25.6 Å². The van der Waals surface area contributed by atoms with Crippen LogP contribution in [0.25, 0.3) is 11.3 Å². The van der Waals surface area contributed by atoms with Gasteiger partial charge in [-0.3, -0.25) is 9.78 Å². The minimum atomic E-state index is -0.189. The Morgan fingerprint density at radius 1 is 1.18 bits per heavy atom. The van der Waals surface area contributed by atoms with Crippen molar-refractivity contribution in [3.8, 4) is 11.3 Å².